The highest BCUT2D eigenvalue weighted by atomic mass is 16.5. The van der Waals surface area contributed by atoms with E-state index in [1.165, 1.54) is 5.69 Å². The Balaban J connectivity index is 2.13. The third-order valence-corrected chi connectivity index (χ3v) is 3.13. The maximum absolute atomic E-state index is 5.39. The Hall–Kier alpha value is -1.62. The van der Waals surface area contributed by atoms with Gasteiger partial charge in [0.1, 0.15) is 5.52 Å². The second-order valence-corrected chi connectivity index (χ2v) is 4.41. The third kappa shape index (κ3) is 1.76. The Morgan fingerprint density at radius 3 is 2.82 bits per heavy atom. The van der Waals surface area contributed by atoms with E-state index in [9.17, 15) is 0 Å². The van der Waals surface area contributed by atoms with Gasteiger partial charge in [0.05, 0.1) is 25.2 Å². The number of morpholine rings is 1. The Morgan fingerprint density at radius 2 is 2.06 bits per heavy atom. The van der Waals surface area contributed by atoms with E-state index in [4.69, 9.17) is 4.74 Å². The van der Waals surface area contributed by atoms with E-state index in [2.05, 4.69) is 20.9 Å². The molecule has 2 aromatic heterocycles. The second kappa shape index (κ2) is 4.00. The summed E-state index contributed by atoms with van der Waals surface area (Å²) in [6.07, 6.45) is 1.82. The summed E-state index contributed by atoms with van der Waals surface area (Å²) in [5, 5.41) is 0. The summed E-state index contributed by atoms with van der Waals surface area (Å²) in [7, 11) is 1.98. The van der Waals surface area contributed by atoms with Crippen molar-refractivity contribution in [3.8, 4) is 0 Å². The van der Waals surface area contributed by atoms with Gasteiger partial charge in [-0.1, -0.05) is 0 Å². The van der Waals surface area contributed by atoms with Gasteiger partial charge in [-0.15, -0.1) is 0 Å². The zero-order valence-corrected chi connectivity index (χ0v) is 10.2. The molecule has 0 bridgehead atoms. The van der Waals surface area contributed by atoms with Crippen molar-refractivity contribution in [1.82, 2.24) is 14.5 Å². The molecule has 3 rings (SSSR count). The van der Waals surface area contributed by atoms with Crippen LogP contribution in [-0.4, -0.2) is 40.8 Å². The smallest absolute Gasteiger partial charge is 0.161 e. The van der Waals surface area contributed by atoms with E-state index in [1.807, 2.05) is 24.9 Å². The Kier molecular flexibility index (Phi) is 2.48. The number of fused-ring (bicyclic) bond motifs is 1. The van der Waals surface area contributed by atoms with Gasteiger partial charge >= 0.3 is 0 Å². The fraction of sp³-hybridized carbons (Fsp3) is 0.500. The predicted octanol–water partition coefficient (Wildman–Crippen LogP) is 1.11. The summed E-state index contributed by atoms with van der Waals surface area (Å²) in [6, 6.07) is 2.11. The van der Waals surface area contributed by atoms with Gasteiger partial charge in [-0.2, -0.15) is 0 Å². The first-order valence-electron chi connectivity index (χ1n) is 5.87. The molecule has 0 unspecified atom stereocenters. The van der Waals surface area contributed by atoms with Crippen LogP contribution in [0.1, 0.15) is 5.69 Å². The van der Waals surface area contributed by atoms with Crippen molar-refractivity contribution in [2.45, 2.75) is 6.92 Å². The summed E-state index contributed by atoms with van der Waals surface area (Å²) in [5.74, 6) is 0. The maximum Gasteiger partial charge on any atom is 0.161 e. The molecule has 0 aromatic carbocycles. The van der Waals surface area contributed by atoms with Gasteiger partial charge in [0.15, 0.2) is 5.65 Å². The predicted molar refractivity (Wildman–Crippen MR) is 66.3 cm³/mol. The van der Waals surface area contributed by atoms with Crippen LogP contribution in [0.15, 0.2) is 12.4 Å². The van der Waals surface area contributed by atoms with Crippen LogP contribution >= 0.6 is 0 Å². The van der Waals surface area contributed by atoms with E-state index >= 15 is 0 Å². The largest absolute Gasteiger partial charge is 0.378 e. The van der Waals surface area contributed by atoms with Crippen molar-refractivity contribution in [2.24, 2.45) is 7.05 Å². The molecule has 1 saturated heterocycles. The normalized spacial score (nSPS) is 16.7. The molecular weight excluding hydrogens is 216 g/mol. The molecule has 1 fully saturated rings. The number of pyridine rings is 1. The van der Waals surface area contributed by atoms with E-state index in [-0.39, 0.29) is 0 Å². The fourth-order valence-corrected chi connectivity index (χ4v) is 2.25. The molecule has 0 amide bonds. The quantitative estimate of drug-likeness (QED) is 0.739. The molecule has 1 aliphatic heterocycles. The Labute approximate surface area is 100 Å². The van der Waals surface area contributed by atoms with Crippen LogP contribution in [0.5, 0.6) is 0 Å². The summed E-state index contributed by atoms with van der Waals surface area (Å²) in [5.41, 5.74) is 4.14. The molecule has 0 radical (unpaired) electrons. The Morgan fingerprint density at radius 1 is 1.29 bits per heavy atom. The van der Waals surface area contributed by atoms with Crippen LogP contribution in [-0.2, 0) is 11.8 Å². The van der Waals surface area contributed by atoms with Gasteiger partial charge in [-0.3, -0.25) is 0 Å². The number of aryl methyl sites for hydroxylation is 2. The van der Waals surface area contributed by atoms with Gasteiger partial charge in [-0.25, -0.2) is 9.97 Å². The minimum atomic E-state index is 0.787. The lowest BCUT2D eigenvalue weighted by Crippen LogP contribution is -2.36. The lowest BCUT2D eigenvalue weighted by atomic mass is 10.2. The minimum absolute atomic E-state index is 0.787. The molecule has 0 spiro atoms. The fourth-order valence-electron chi connectivity index (χ4n) is 2.25. The summed E-state index contributed by atoms with van der Waals surface area (Å²) < 4.78 is 7.35. The van der Waals surface area contributed by atoms with Crippen LogP contribution in [0.25, 0.3) is 11.2 Å². The summed E-state index contributed by atoms with van der Waals surface area (Å²) >= 11 is 0. The molecule has 2 aromatic rings. The molecule has 90 valence electrons. The van der Waals surface area contributed by atoms with Gasteiger partial charge < -0.3 is 14.2 Å². The zero-order valence-electron chi connectivity index (χ0n) is 10.2. The lowest BCUT2D eigenvalue weighted by Gasteiger charge is -2.29. The first-order chi connectivity index (χ1) is 8.25. The number of aromatic nitrogens is 3. The van der Waals surface area contributed by atoms with Crippen LogP contribution in [0.2, 0.25) is 0 Å². The zero-order chi connectivity index (χ0) is 11.8. The van der Waals surface area contributed by atoms with Crippen molar-refractivity contribution >= 4 is 16.9 Å². The van der Waals surface area contributed by atoms with E-state index < -0.39 is 0 Å². The third-order valence-electron chi connectivity index (χ3n) is 3.13. The van der Waals surface area contributed by atoms with Crippen molar-refractivity contribution in [3.05, 3.63) is 18.1 Å². The highest BCUT2D eigenvalue weighted by molar-refractivity contribution is 5.86. The average molecular weight is 232 g/mol. The molecule has 17 heavy (non-hydrogen) atoms. The maximum atomic E-state index is 5.39. The van der Waals surface area contributed by atoms with Crippen molar-refractivity contribution < 1.29 is 4.74 Å². The summed E-state index contributed by atoms with van der Waals surface area (Å²) in [4.78, 5) is 11.3. The van der Waals surface area contributed by atoms with Crippen LogP contribution in [0.3, 0.4) is 0 Å². The van der Waals surface area contributed by atoms with Gasteiger partial charge in [0, 0.05) is 25.8 Å². The topological polar surface area (TPSA) is 43.2 Å². The van der Waals surface area contributed by atoms with E-state index in [0.29, 0.717) is 0 Å². The first kappa shape index (κ1) is 10.5. The highest BCUT2D eigenvalue weighted by Gasteiger charge is 2.17. The number of hydrogen-bond acceptors (Lipinski definition) is 4. The molecule has 5 nitrogen and oxygen atoms in total. The number of nitrogens with zero attached hydrogens (tertiary/aromatic N) is 4. The van der Waals surface area contributed by atoms with Gasteiger partial charge in [0.2, 0.25) is 0 Å². The molecule has 5 heteroatoms. The molecule has 0 atom stereocenters. The monoisotopic (exact) mass is 232 g/mol. The number of rotatable bonds is 1. The van der Waals surface area contributed by atoms with Crippen LogP contribution in [0.4, 0.5) is 5.69 Å². The molecule has 1 aliphatic rings. The van der Waals surface area contributed by atoms with E-state index in [0.717, 1.165) is 43.2 Å². The standard InChI is InChI=1S/C12H16N4O/c1-9-7-10(16-3-5-17-6-4-16)11-12(14-9)15(2)8-13-11/h7-8H,3-6H2,1-2H3. The second-order valence-electron chi connectivity index (χ2n) is 4.41. The van der Waals surface area contributed by atoms with Crippen LogP contribution in [0, 0.1) is 6.92 Å². The highest BCUT2D eigenvalue weighted by Crippen LogP contribution is 2.25. The van der Waals surface area contributed by atoms with Crippen molar-refractivity contribution in [3.63, 3.8) is 0 Å². The minimum Gasteiger partial charge on any atom is -0.378 e. The average Bonchev–Trinajstić information content (AvgIpc) is 2.72. The first-order valence-corrected chi connectivity index (χ1v) is 5.87. The number of imidazole rings is 1. The van der Waals surface area contributed by atoms with Crippen LogP contribution < -0.4 is 4.90 Å². The van der Waals surface area contributed by atoms with Gasteiger partial charge in [-0.05, 0) is 13.0 Å². The van der Waals surface area contributed by atoms with Gasteiger partial charge in [0.25, 0.3) is 0 Å². The Bertz CT molecular complexity index is 543. The van der Waals surface area contributed by atoms with E-state index in [1.54, 1.807) is 0 Å². The molecule has 0 N–H and O–H groups in total. The lowest BCUT2D eigenvalue weighted by molar-refractivity contribution is 0.123. The molecule has 3 heterocycles. The number of ether oxygens (including phenoxy) is 1. The van der Waals surface area contributed by atoms with Crippen molar-refractivity contribution in [1.29, 1.82) is 0 Å². The van der Waals surface area contributed by atoms with Crippen molar-refractivity contribution in [2.75, 3.05) is 31.2 Å². The SMILES string of the molecule is Cc1cc(N2CCOCC2)c2ncn(C)c2n1. The number of anilines is 1. The molecule has 0 aliphatic carbocycles. The summed E-state index contributed by atoms with van der Waals surface area (Å²) in [6.45, 7) is 5.45. The number of hydrogen-bond donors (Lipinski definition) is 0. The molecular formula is C12H16N4O. The molecule has 0 saturated carbocycles.